The van der Waals surface area contributed by atoms with Crippen molar-refractivity contribution in [2.24, 2.45) is 0 Å². The molecule has 0 bridgehead atoms. The molecule has 0 saturated heterocycles. The molecule has 0 aromatic carbocycles. The molecule has 3 nitrogen and oxygen atoms in total. The van der Waals surface area contributed by atoms with Gasteiger partial charge in [0.2, 0.25) is 0 Å². The summed E-state index contributed by atoms with van der Waals surface area (Å²) in [6.07, 6.45) is 5.85. The molecule has 1 heterocycles. The average Bonchev–Trinajstić information content (AvgIpc) is 3.23. The normalized spacial score (nSPS) is 16.4. The number of hydrogen-bond acceptors (Lipinski definition) is 3. The Kier molecular flexibility index (Phi) is 4.81. The fourth-order valence-corrected chi connectivity index (χ4v) is 2.46. The van der Waals surface area contributed by atoms with Crippen molar-refractivity contribution in [3.05, 3.63) is 23.4 Å². The van der Waals surface area contributed by atoms with Crippen molar-refractivity contribution >= 4 is 5.82 Å². The van der Waals surface area contributed by atoms with E-state index in [0.717, 1.165) is 31.4 Å². The predicted octanol–water partition coefficient (Wildman–Crippen LogP) is 3.27. The zero-order valence-electron chi connectivity index (χ0n) is 12.7. The van der Waals surface area contributed by atoms with Crippen LogP contribution in [0.3, 0.4) is 0 Å². The molecular formula is C16H27N3. The van der Waals surface area contributed by atoms with E-state index in [0.29, 0.717) is 6.04 Å². The lowest BCUT2D eigenvalue weighted by Gasteiger charge is -2.29. The molecule has 1 aliphatic carbocycles. The molecule has 1 saturated carbocycles. The number of hydrogen-bond donors (Lipinski definition) is 1. The van der Waals surface area contributed by atoms with Crippen molar-refractivity contribution in [2.75, 3.05) is 11.4 Å². The quantitative estimate of drug-likeness (QED) is 0.816. The maximum Gasteiger partial charge on any atom is 0.131 e. The highest BCUT2D eigenvalue weighted by molar-refractivity contribution is 5.48. The van der Waals surface area contributed by atoms with Gasteiger partial charge in [-0.3, -0.25) is 0 Å². The Morgan fingerprint density at radius 2 is 2.16 bits per heavy atom. The fourth-order valence-electron chi connectivity index (χ4n) is 2.46. The standard InChI is InChI=1S/C16H27N3/c1-5-13(4)19(6-2)16-12(3)9-14(11-18-16)10-17-15-7-8-15/h9,11,13,15,17H,5-8,10H2,1-4H3. The van der Waals surface area contributed by atoms with Gasteiger partial charge >= 0.3 is 0 Å². The molecule has 1 aromatic rings. The smallest absolute Gasteiger partial charge is 0.131 e. The number of aryl methyl sites for hydroxylation is 1. The van der Waals surface area contributed by atoms with Gasteiger partial charge in [0.05, 0.1) is 0 Å². The van der Waals surface area contributed by atoms with Crippen LogP contribution in [0.4, 0.5) is 5.82 Å². The van der Waals surface area contributed by atoms with E-state index in [1.807, 2.05) is 6.20 Å². The third kappa shape index (κ3) is 3.69. The minimum atomic E-state index is 0.548. The number of rotatable bonds is 7. The number of aromatic nitrogens is 1. The summed E-state index contributed by atoms with van der Waals surface area (Å²) in [5.41, 5.74) is 2.59. The summed E-state index contributed by atoms with van der Waals surface area (Å²) in [5, 5.41) is 3.54. The van der Waals surface area contributed by atoms with Crippen LogP contribution in [0.25, 0.3) is 0 Å². The van der Waals surface area contributed by atoms with E-state index in [4.69, 9.17) is 4.98 Å². The van der Waals surface area contributed by atoms with Gasteiger partial charge in [0.25, 0.3) is 0 Å². The van der Waals surface area contributed by atoms with Gasteiger partial charge in [0.1, 0.15) is 5.82 Å². The van der Waals surface area contributed by atoms with Crippen molar-refractivity contribution in [1.29, 1.82) is 0 Å². The monoisotopic (exact) mass is 261 g/mol. The molecule has 1 atom stereocenters. The summed E-state index contributed by atoms with van der Waals surface area (Å²) in [5.74, 6) is 1.15. The van der Waals surface area contributed by atoms with E-state index in [-0.39, 0.29) is 0 Å². The summed E-state index contributed by atoms with van der Waals surface area (Å²) in [6.45, 7) is 10.9. The van der Waals surface area contributed by atoms with Crippen molar-refractivity contribution in [3.8, 4) is 0 Å². The summed E-state index contributed by atoms with van der Waals surface area (Å²) in [4.78, 5) is 7.10. The lowest BCUT2D eigenvalue weighted by Crippen LogP contribution is -2.33. The SMILES string of the molecule is CCC(C)N(CC)c1ncc(CNC2CC2)cc1C. The Bertz CT molecular complexity index is 412. The minimum Gasteiger partial charge on any atom is -0.354 e. The van der Waals surface area contributed by atoms with E-state index in [1.165, 1.54) is 24.0 Å². The van der Waals surface area contributed by atoms with Gasteiger partial charge < -0.3 is 10.2 Å². The molecule has 1 unspecified atom stereocenters. The van der Waals surface area contributed by atoms with Crippen LogP contribution in [0.1, 0.15) is 51.2 Å². The maximum absolute atomic E-state index is 4.70. The molecule has 1 aromatic heterocycles. The summed E-state index contributed by atoms with van der Waals surface area (Å²) >= 11 is 0. The van der Waals surface area contributed by atoms with Crippen molar-refractivity contribution in [1.82, 2.24) is 10.3 Å². The molecule has 106 valence electrons. The molecule has 3 heteroatoms. The third-order valence-corrected chi connectivity index (χ3v) is 4.02. The van der Waals surface area contributed by atoms with Crippen LogP contribution in [-0.4, -0.2) is 23.6 Å². The summed E-state index contributed by atoms with van der Waals surface area (Å²) in [7, 11) is 0. The summed E-state index contributed by atoms with van der Waals surface area (Å²) < 4.78 is 0. The number of pyridine rings is 1. The van der Waals surface area contributed by atoms with Crippen molar-refractivity contribution < 1.29 is 0 Å². The Balaban J connectivity index is 2.07. The zero-order valence-corrected chi connectivity index (χ0v) is 12.7. The van der Waals surface area contributed by atoms with Gasteiger partial charge in [-0.2, -0.15) is 0 Å². The maximum atomic E-state index is 4.70. The first-order valence-corrected chi connectivity index (χ1v) is 7.61. The zero-order chi connectivity index (χ0) is 13.8. The molecule has 1 fully saturated rings. The molecule has 0 radical (unpaired) electrons. The highest BCUT2D eigenvalue weighted by Gasteiger charge is 2.20. The first-order valence-electron chi connectivity index (χ1n) is 7.61. The molecular weight excluding hydrogens is 234 g/mol. The highest BCUT2D eigenvalue weighted by atomic mass is 15.2. The van der Waals surface area contributed by atoms with Crippen molar-refractivity contribution in [2.45, 2.75) is 65.6 Å². The van der Waals surface area contributed by atoms with Gasteiger partial charge in [-0.15, -0.1) is 0 Å². The minimum absolute atomic E-state index is 0.548. The van der Waals surface area contributed by atoms with Gasteiger partial charge in [-0.25, -0.2) is 4.98 Å². The number of nitrogens with zero attached hydrogens (tertiary/aromatic N) is 2. The van der Waals surface area contributed by atoms with E-state index < -0.39 is 0 Å². The highest BCUT2D eigenvalue weighted by Crippen LogP contribution is 2.22. The lowest BCUT2D eigenvalue weighted by atomic mass is 10.1. The number of nitrogens with one attached hydrogen (secondary N) is 1. The van der Waals surface area contributed by atoms with E-state index in [2.05, 4.69) is 44.0 Å². The second kappa shape index (κ2) is 6.38. The topological polar surface area (TPSA) is 28.2 Å². The van der Waals surface area contributed by atoms with E-state index >= 15 is 0 Å². The van der Waals surface area contributed by atoms with Crippen LogP contribution in [-0.2, 0) is 6.54 Å². The first kappa shape index (κ1) is 14.3. The Labute approximate surface area is 117 Å². The average molecular weight is 261 g/mol. The first-order chi connectivity index (χ1) is 9.15. The Hall–Kier alpha value is -1.09. The van der Waals surface area contributed by atoms with E-state index in [1.54, 1.807) is 0 Å². The largest absolute Gasteiger partial charge is 0.354 e. The fraction of sp³-hybridized carbons (Fsp3) is 0.688. The molecule has 0 amide bonds. The molecule has 1 N–H and O–H groups in total. The van der Waals surface area contributed by atoms with Crippen LogP contribution < -0.4 is 10.2 Å². The second-order valence-electron chi connectivity index (χ2n) is 5.68. The Morgan fingerprint density at radius 1 is 1.42 bits per heavy atom. The molecule has 0 spiro atoms. The Morgan fingerprint density at radius 3 is 2.68 bits per heavy atom. The lowest BCUT2D eigenvalue weighted by molar-refractivity contribution is 0.620. The molecule has 1 aliphatic rings. The van der Waals surface area contributed by atoms with Crippen LogP contribution in [0.2, 0.25) is 0 Å². The van der Waals surface area contributed by atoms with Gasteiger partial charge in [-0.05, 0) is 57.2 Å². The van der Waals surface area contributed by atoms with Gasteiger partial charge in [0, 0.05) is 31.4 Å². The second-order valence-corrected chi connectivity index (χ2v) is 5.68. The van der Waals surface area contributed by atoms with Gasteiger partial charge in [-0.1, -0.05) is 6.92 Å². The summed E-state index contributed by atoms with van der Waals surface area (Å²) in [6, 6.07) is 3.59. The van der Waals surface area contributed by atoms with Crippen LogP contribution in [0, 0.1) is 6.92 Å². The van der Waals surface area contributed by atoms with Crippen LogP contribution in [0.5, 0.6) is 0 Å². The molecule has 0 aliphatic heterocycles. The third-order valence-electron chi connectivity index (χ3n) is 4.02. The van der Waals surface area contributed by atoms with Gasteiger partial charge in [0.15, 0.2) is 0 Å². The molecule has 19 heavy (non-hydrogen) atoms. The molecule has 2 rings (SSSR count). The number of anilines is 1. The predicted molar refractivity (Wildman–Crippen MR) is 81.6 cm³/mol. The van der Waals surface area contributed by atoms with E-state index in [9.17, 15) is 0 Å². The van der Waals surface area contributed by atoms with Crippen molar-refractivity contribution in [3.63, 3.8) is 0 Å². The van der Waals surface area contributed by atoms with Crippen LogP contribution >= 0.6 is 0 Å². The van der Waals surface area contributed by atoms with Crippen LogP contribution in [0.15, 0.2) is 12.3 Å².